The molecule has 0 aromatic heterocycles. The van der Waals surface area contributed by atoms with Crippen LogP contribution in [0, 0.1) is 6.07 Å². The minimum atomic E-state index is 0.194. The minimum Gasteiger partial charge on any atom is -0.507 e. The van der Waals surface area contributed by atoms with Crippen LogP contribution in [0.25, 0.3) is 0 Å². The van der Waals surface area contributed by atoms with Crippen LogP contribution in [0.3, 0.4) is 0 Å². The molecule has 0 saturated carbocycles. The summed E-state index contributed by atoms with van der Waals surface area (Å²) < 4.78 is 0. The highest BCUT2D eigenvalue weighted by Crippen LogP contribution is 2.10. The molecule has 0 amide bonds. The second kappa shape index (κ2) is 3.06. The van der Waals surface area contributed by atoms with E-state index >= 15 is 0 Å². The van der Waals surface area contributed by atoms with E-state index in [0.717, 1.165) is 12.0 Å². The number of allylic oxidation sites excluding steroid dienone is 1. The van der Waals surface area contributed by atoms with Gasteiger partial charge >= 0.3 is 0 Å². The quantitative estimate of drug-likeness (QED) is 0.611. The van der Waals surface area contributed by atoms with Gasteiger partial charge in [-0.25, -0.2) is 0 Å². The first-order valence-electron chi connectivity index (χ1n) is 3.13. The molecular formula is C9H9O. The molecule has 1 radical (unpaired) electrons. The fourth-order valence-electron chi connectivity index (χ4n) is 0.793. The summed E-state index contributed by atoms with van der Waals surface area (Å²) >= 11 is 0. The lowest BCUT2D eigenvalue weighted by molar-refractivity contribution is 0.473. The van der Waals surface area contributed by atoms with Crippen LogP contribution in [0.1, 0.15) is 5.56 Å². The maximum absolute atomic E-state index is 8.95. The van der Waals surface area contributed by atoms with Crippen LogP contribution >= 0.6 is 0 Å². The van der Waals surface area contributed by atoms with Crippen molar-refractivity contribution in [1.82, 2.24) is 0 Å². The van der Waals surface area contributed by atoms with Crippen molar-refractivity contribution in [1.29, 1.82) is 0 Å². The first-order valence-corrected chi connectivity index (χ1v) is 3.13. The predicted octanol–water partition coefficient (Wildman–Crippen LogP) is 1.92. The maximum atomic E-state index is 8.95. The van der Waals surface area contributed by atoms with E-state index in [4.69, 9.17) is 5.11 Å². The van der Waals surface area contributed by atoms with Crippen molar-refractivity contribution >= 4 is 0 Å². The molecule has 1 N–H and O–H groups in total. The van der Waals surface area contributed by atoms with E-state index in [1.54, 1.807) is 18.2 Å². The number of phenols is 1. The largest absolute Gasteiger partial charge is 0.507 e. The Balaban J connectivity index is 2.84. The van der Waals surface area contributed by atoms with Crippen molar-refractivity contribution in [3.8, 4) is 5.75 Å². The summed E-state index contributed by atoms with van der Waals surface area (Å²) in [4.78, 5) is 0. The highest BCUT2D eigenvalue weighted by atomic mass is 16.3. The Kier molecular flexibility index (Phi) is 2.11. The van der Waals surface area contributed by atoms with Crippen LogP contribution in [0.15, 0.2) is 30.9 Å². The molecule has 1 rings (SSSR count). The molecule has 0 heterocycles. The lowest BCUT2D eigenvalue weighted by atomic mass is 10.1. The molecule has 0 atom stereocenters. The molecule has 0 aliphatic heterocycles. The lowest BCUT2D eigenvalue weighted by Crippen LogP contribution is -1.77. The van der Waals surface area contributed by atoms with E-state index in [1.165, 1.54) is 0 Å². The zero-order valence-electron chi connectivity index (χ0n) is 5.67. The minimum absolute atomic E-state index is 0.194. The Bertz CT molecular complexity index is 228. The summed E-state index contributed by atoms with van der Waals surface area (Å²) in [7, 11) is 0. The van der Waals surface area contributed by atoms with Gasteiger partial charge in [0.05, 0.1) is 0 Å². The van der Waals surface area contributed by atoms with Crippen molar-refractivity contribution in [2.75, 3.05) is 0 Å². The van der Waals surface area contributed by atoms with Gasteiger partial charge in [-0.3, -0.25) is 0 Å². The second-order valence-corrected chi connectivity index (χ2v) is 2.07. The zero-order chi connectivity index (χ0) is 7.40. The summed E-state index contributed by atoms with van der Waals surface area (Å²) in [6.45, 7) is 3.59. The molecule has 0 spiro atoms. The van der Waals surface area contributed by atoms with Crippen molar-refractivity contribution in [3.63, 3.8) is 0 Å². The number of hydrogen-bond acceptors (Lipinski definition) is 1. The van der Waals surface area contributed by atoms with Crippen molar-refractivity contribution in [2.24, 2.45) is 0 Å². The molecule has 0 bridgehead atoms. The Morgan fingerprint density at radius 3 is 3.10 bits per heavy atom. The van der Waals surface area contributed by atoms with Crippen LogP contribution in [0.2, 0.25) is 0 Å². The Morgan fingerprint density at radius 1 is 1.70 bits per heavy atom. The molecule has 1 heteroatoms. The Hall–Kier alpha value is -1.24. The second-order valence-electron chi connectivity index (χ2n) is 2.07. The lowest BCUT2D eigenvalue weighted by Gasteiger charge is -1.94. The van der Waals surface area contributed by atoms with Gasteiger partial charge in [0, 0.05) is 6.07 Å². The fourth-order valence-corrected chi connectivity index (χ4v) is 0.793. The SMILES string of the molecule is C=CCc1cc[c]c(O)c1. The summed E-state index contributed by atoms with van der Waals surface area (Å²) in [5.74, 6) is 0.194. The van der Waals surface area contributed by atoms with Crippen LogP contribution < -0.4 is 0 Å². The number of phenolic OH excluding ortho intramolecular Hbond substituents is 1. The van der Waals surface area contributed by atoms with Gasteiger partial charge < -0.3 is 5.11 Å². The third-order valence-corrected chi connectivity index (χ3v) is 1.23. The standard InChI is InChI=1S/C9H9O/c1-2-4-8-5-3-6-9(10)7-8/h2-3,5,7,10H,1,4H2. The number of rotatable bonds is 2. The van der Waals surface area contributed by atoms with Crippen LogP contribution in [-0.4, -0.2) is 5.11 Å². The molecule has 0 unspecified atom stereocenters. The van der Waals surface area contributed by atoms with E-state index < -0.39 is 0 Å². The van der Waals surface area contributed by atoms with Crippen LogP contribution in [0.5, 0.6) is 5.75 Å². The summed E-state index contributed by atoms with van der Waals surface area (Å²) in [5, 5.41) is 8.95. The van der Waals surface area contributed by atoms with E-state index in [1.807, 2.05) is 6.07 Å². The van der Waals surface area contributed by atoms with E-state index in [2.05, 4.69) is 12.6 Å². The van der Waals surface area contributed by atoms with E-state index in [0.29, 0.717) is 0 Å². The molecule has 0 aliphatic carbocycles. The molecule has 0 saturated heterocycles. The predicted molar refractivity (Wildman–Crippen MR) is 40.8 cm³/mol. The topological polar surface area (TPSA) is 20.2 Å². The molecule has 0 fully saturated rings. The van der Waals surface area contributed by atoms with Gasteiger partial charge in [0.1, 0.15) is 5.75 Å². The Labute approximate surface area is 60.6 Å². The van der Waals surface area contributed by atoms with Gasteiger partial charge in [-0.05, 0) is 18.1 Å². The molecule has 51 valence electrons. The molecule has 10 heavy (non-hydrogen) atoms. The molecule has 1 aromatic rings. The van der Waals surface area contributed by atoms with E-state index in [9.17, 15) is 0 Å². The number of hydrogen-bond donors (Lipinski definition) is 1. The smallest absolute Gasteiger partial charge is 0.123 e. The number of benzene rings is 1. The van der Waals surface area contributed by atoms with Crippen LogP contribution in [0.4, 0.5) is 0 Å². The zero-order valence-corrected chi connectivity index (χ0v) is 5.67. The van der Waals surface area contributed by atoms with Gasteiger partial charge in [0.25, 0.3) is 0 Å². The molecule has 1 aromatic carbocycles. The third-order valence-electron chi connectivity index (χ3n) is 1.23. The summed E-state index contributed by atoms with van der Waals surface area (Å²) in [6, 6.07) is 7.94. The normalized spacial score (nSPS) is 9.20. The Morgan fingerprint density at radius 2 is 2.50 bits per heavy atom. The third kappa shape index (κ3) is 1.62. The molecule has 0 aliphatic rings. The fraction of sp³-hybridized carbons (Fsp3) is 0.111. The first-order chi connectivity index (χ1) is 4.83. The highest BCUT2D eigenvalue weighted by molar-refractivity contribution is 5.26. The highest BCUT2D eigenvalue weighted by Gasteiger charge is 1.89. The van der Waals surface area contributed by atoms with Crippen LogP contribution in [-0.2, 0) is 6.42 Å². The monoisotopic (exact) mass is 133 g/mol. The van der Waals surface area contributed by atoms with Crippen molar-refractivity contribution in [3.05, 3.63) is 42.5 Å². The van der Waals surface area contributed by atoms with Gasteiger partial charge in [-0.15, -0.1) is 6.58 Å². The van der Waals surface area contributed by atoms with Gasteiger partial charge in [-0.2, -0.15) is 0 Å². The molecular weight excluding hydrogens is 124 g/mol. The van der Waals surface area contributed by atoms with Gasteiger partial charge in [0.2, 0.25) is 0 Å². The average Bonchev–Trinajstić information content (AvgIpc) is 1.88. The van der Waals surface area contributed by atoms with Crippen molar-refractivity contribution in [2.45, 2.75) is 6.42 Å². The first kappa shape index (κ1) is 6.87. The maximum Gasteiger partial charge on any atom is 0.123 e. The van der Waals surface area contributed by atoms with Crippen molar-refractivity contribution < 1.29 is 5.11 Å². The summed E-state index contributed by atoms with van der Waals surface area (Å²) in [6.07, 6.45) is 2.59. The summed E-state index contributed by atoms with van der Waals surface area (Å²) in [5.41, 5.74) is 1.06. The molecule has 1 nitrogen and oxygen atoms in total. The number of aromatic hydroxyl groups is 1. The van der Waals surface area contributed by atoms with E-state index in [-0.39, 0.29) is 5.75 Å². The average molecular weight is 133 g/mol. The van der Waals surface area contributed by atoms with Gasteiger partial charge in [-0.1, -0.05) is 18.2 Å². The van der Waals surface area contributed by atoms with Gasteiger partial charge in [0.15, 0.2) is 0 Å².